The molecule has 0 bridgehead atoms. The van der Waals surface area contributed by atoms with Gasteiger partial charge in [-0.3, -0.25) is 9.59 Å². The Labute approximate surface area is 288 Å². The van der Waals surface area contributed by atoms with Crippen molar-refractivity contribution in [2.24, 2.45) is 0 Å². The van der Waals surface area contributed by atoms with E-state index < -0.39 is 0 Å². The molecule has 0 rings (SSSR count). The third kappa shape index (κ3) is 38.6. The van der Waals surface area contributed by atoms with Crippen LogP contribution in [0.15, 0.2) is 24.3 Å². The lowest BCUT2D eigenvalue weighted by molar-refractivity contribution is -0.123. The molecule has 0 aromatic rings. The second-order valence-electron chi connectivity index (χ2n) is 13.8. The van der Waals surface area contributed by atoms with Crippen LogP contribution in [0.4, 0.5) is 0 Å². The Morgan fingerprint density at radius 3 is 0.913 bits per heavy atom. The Morgan fingerprint density at radius 2 is 0.609 bits per heavy atom. The minimum absolute atomic E-state index is 0.136. The highest BCUT2D eigenvalue weighted by molar-refractivity contribution is 5.77. The van der Waals surface area contributed by atoms with Crippen molar-refractivity contribution in [3.63, 3.8) is 0 Å². The summed E-state index contributed by atoms with van der Waals surface area (Å²) in [5.41, 5.74) is 0. The highest BCUT2D eigenvalue weighted by Gasteiger charge is 2.04. The summed E-state index contributed by atoms with van der Waals surface area (Å²) in [5.74, 6) is 0.273. The zero-order chi connectivity index (χ0) is 33.4. The molecule has 4 nitrogen and oxygen atoms in total. The molecule has 0 aliphatic rings. The fraction of sp³-hybridized carbons (Fsp3) is 0.857. The summed E-state index contributed by atoms with van der Waals surface area (Å²) >= 11 is 0. The number of rotatable bonds is 37. The van der Waals surface area contributed by atoms with Crippen LogP contribution >= 0.6 is 0 Å². The third-order valence-electron chi connectivity index (χ3n) is 9.08. The van der Waals surface area contributed by atoms with E-state index >= 15 is 0 Å². The molecule has 0 aromatic carbocycles. The van der Waals surface area contributed by atoms with Gasteiger partial charge in [0, 0.05) is 25.9 Å². The first-order chi connectivity index (χ1) is 22.7. The Balaban J connectivity index is 3.32. The Bertz CT molecular complexity index is 629. The average Bonchev–Trinajstić information content (AvgIpc) is 3.06. The van der Waals surface area contributed by atoms with Crippen molar-refractivity contribution in [2.75, 3.05) is 13.1 Å². The summed E-state index contributed by atoms with van der Waals surface area (Å²) in [5, 5.41) is 6.11. The summed E-state index contributed by atoms with van der Waals surface area (Å²) in [4.78, 5) is 24.1. The molecule has 0 heterocycles. The predicted molar refractivity (Wildman–Crippen MR) is 203 cm³/mol. The number of nitrogens with one attached hydrogen (secondary N) is 2. The molecule has 46 heavy (non-hydrogen) atoms. The van der Waals surface area contributed by atoms with Gasteiger partial charge in [-0.05, 0) is 77.0 Å². The first-order valence-corrected chi connectivity index (χ1v) is 20.5. The third-order valence-corrected chi connectivity index (χ3v) is 9.08. The number of carbonyl (C=O) groups is 2. The first-order valence-electron chi connectivity index (χ1n) is 20.5. The highest BCUT2D eigenvalue weighted by atomic mass is 16.2. The van der Waals surface area contributed by atoms with Crippen LogP contribution in [0.2, 0.25) is 0 Å². The maximum Gasteiger partial charge on any atom is 0.219 e. The highest BCUT2D eigenvalue weighted by Crippen LogP contribution is 2.11. The molecule has 0 saturated carbocycles. The van der Waals surface area contributed by atoms with E-state index in [1.165, 1.54) is 167 Å². The van der Waals surface area contributed by atoms with E-state index in [1.54, 1.807) is 0 Å². The monoisotopic (exact) mass is 645 g/mol. The van der Waals surface area contributed by atoms with Crippen molar-refractivity contribution in [1.29, 1.82) is 0 Å². The van der Waals surface area contributed by atoms with Crippen molar-refractivity contribution < 1.29 is 9.59 Å². The van der Waals surface area contributed by atoms with Crippen molar-refractivity contribution >= 4 is 11.8 Å². The minimum atomic E-state index is 0.136. The fourth-order valence-corrected chi connectivity index (χ4v) is 5.95. The van der Waals surface area contributed by atoms with Gasteiger partial charge in [-0.15, -0.1) is 0 Å². The molecule has 0 atom stereocenters. The van der Waals surface area contributed by atoms with Crippen LogP contribution in [-0.4, -0.2) is 24.9 Å². The van der Waals surface area contributed by atoms with Crippen LogP contribution in [0.25, 0.3) is 0 Å². The van der Waals surface area contributed by atoms with E-state index in [0.29, 0.717) is 12.8 Å². The Hall–Kier alpha value is -1.58. The van der Waals surface area contributed by atoms with E-state index in [4.69, 9.17) is 0 Å². The molecule has 0 aliphatic carbocycles. The molecule has 2 amide bonds. The van der Waals surface area contributed by atoms with Crippen molar-refractivity contribution in [3.8, 4) is 0 Å². The maximum atomic E-state index is 12.1. The molecule has 0 unspecified atom stereocenters. The van der Waals surface area contributed by atoms with E-state index in [9.17, 15) is 9.59 Å². The molecule has 270 valence electrons. The SMILES string of the molecule is CCCCCCCC/C=C\CCCCCCCCNC(=O)CCCCC(=O)NCCCCCCCC/C=C\CCCCCCCC. The molecule has 0 saturated heterocycles. The first kappa shape index (κ1) is 44.4. The second kappa shape index (κ2) is 39.6. The quantitative estimate of drug-likeness (QED) is 0.0522. The molecule has 0 fully saturated rings. The normalized spacial score (nSPS) is 11.6. The number of hydrogen-bond acceptors (Lipinski definition) is 2. The standard InChI is InChI=1S/C42H80N2O2/c1-3-5-7-9-11-13-15-17-19-21-23-25-27-29-31-35-39-43-41(45)37-33-34-38-42(46)44-40-36-32-30-28-26-24-22-20-18-16-14-12-10-8-6-4-2/h17-20H,3-16,21-40H2,1-2H3,(H,43,45)(H,44,46)/b19-17-,20-18-. The maximum absolute atomic E-state index is 12.1. The van der Waals surface area contributed by atoms with Crippen LogP contribution in [0.3, 0.4) is 0 Å². The topological polar surface area (TPSA) is 58.2 Å². The number of allylic oxidation sites excluding steroid dienone is 4. The molecule has 0 spiro atoms. The lowest BCUT2D eigenvalue weighted by atomic mass is 10.1. The summed E-state index contributed by atoms with van der Waals surface area (Å²) in [6.07, 6.45) is 48.7. The number of amides is 2. The van der Waals surface area contributed by atoms with E-state index in [0.717, 1.165) is 38.8 Å². The van der Waals surface area contributed by atoms with Crippen LogP contribution in [-0.2, 0) is 9.59 Å². The Morgan fingerprint density at radius 1 is 0.348 bits per heavy atom. The van der Waals surface area contributed by atoms with E-state index in [-0.39, 0.29) is 11.8 Å². The van der Waals surface area contributed by atoms with Gasteiger partial charge in [0.1, 0.15) is 0 Å². The van der Waals surface area contributed by atoms with Gasteiger partial charge in [-0.2, -0.15) is 0 Å². The van der Waals surface area contributed by atoms with Crippen LogP contribution in [0.5, 0.6) is 0 Å². The number of unbranched alkanes of at least 4 members (excludes halogenated alkanes) is 25. The number of carbonyl (C=O) groups excluding carboxylic acids is 2. The molecule has 0 aliphatic heterocycles. The average molecular weight is 645 g/mol. The lowest BCUT2D eigenvalue weighted by Crippen LogP contribution is -2.25. The van der Waals surface area contributed by atoms with Crippen LogP contribution < -0.4 is 10.6 Å². The molecule has 2 N–H and O–H groups in total. The molecule has 0 radical (unpaired) electrons. The second-order valence-corrected chi connectivity index (χ2v) is 13.8. The minimum Gasteiger partial charge on any atom is -0.356 e. The van der Waals surface area contributed by atoms with Crippen molar-refractivity contribution in [2.45, 2.75) is 219 Å². The van der Waals surface area contributed by atoms with Crippen molar-refractivity contribution in [3.05, 3.63) is 24.3 Å². The smallest absolute Gasteiger partial charge is 0.219 e. The number of hydrogen-bond donors (Lipinski definition) is 2. The largest absolute Gasteiger partial charge is 0.356 e. The van der Waals surface area contributed by atoms with Crippen LogP contribution in [0, 0.1) is 0 Å². The molecular formula is C42H80N2O2. The van der Waals surface area contributed by atoms with Gasteiger partial charge in [0.2, 0.25) is 11.8 Å². The van der Waals surface area contributed by atoms with Gasteiger partial charge in [-0.25, -0.2) is 0 Å². The van der Waals surface area contributed by atoms with E-state index in [2.05, 4.69) is 48.8 Å². The van der Waals surface area contributed by atoms with Gasteiger partial charge in [0.25, 0.3) is 0 Å². The summed E-state index contributed by atoms with van der Waals surface area (Å²) in [6.45, 7) is 6.13. The predicted octanol–water partition coefficient (Wildman–Crippen LogP) is 12.9. The van der Waals surface area contributed by atoms with Crippen LogP contribution in [0.1, 0.15) is 219 Å². The fourth-order valence-electron chi connectivity index (χ4n) is 5.95. The van der Waals surface area contributed by atoms with Gasteiger partial charge < -0.3 is 10.6 Å². The van der Waals surface area contributed by atoms with Crippen molar-refractivity contribution in [1.82, 2.24) is 10.6 Å². The van der Waals surface area contributed by atoms with Gasteiger partial charge in [0.15, 0.2) is 0 Å². The molecule has 4 heteroatoms. The van der Waals surface area contributed by atoms with E-state index in [1.807, 2.05) is 0 Å². The molecule has 0 aromatic heterocycles. The Kier molecular flexibility index (Phi) is 38.2. The lowest BCUT2D eigenvalue weighted by Gasteiger charge is -2.07. The summed E-state index contributed by atoms with van der Waals surface area (Å²) in [6, 6.07) is 0. The van der Waals surface area contributed by atoms with Gasteiger partial charge in [-0.1, -0.05) is 154 Å². The zero-order valence-electron chi connectivity index (χ0n) is 31.2. The zero-order valence-corrected chi connectivity index (χ0v) is 31.2. The van der Waals surface area contributed by atoms with Gasteiger partial charge in [0.05, 0.1) is 0 Å². The summed E-state index contributed by atoms with van der Waals surface area (Å²) < 4.78 is 0. The van der Waals surface area contributed by atoms with Gasteiger partial charge >= 0.3 is 0 Å². The molecular weight excluding hydrogens is 564 g/mol. The summed E-state index contributed by atoms with van der Waals surface area (Å²) in [7, 11) is 0.